The summed E-state index contributed by atoms with van der Waals surface area (Å²) in [6.45, 7) is 5.42. The molecule has 1 atom stereocenters. The van der Waals surface area contributed by atoms with E-state index in [9.17, 15) is 13.2 Å². The van der Waals surface area contributed by atoms with Crippen LogP contribution in [0.15, 0.2) is 47.4 Å². The van der Waals surface area contributed by atoms with Gasteiger partial charge in [-0.15, -0.1) is 0 Å². The van der Waals surface area contributed by atoms with Crippen molar-refractivity contribution in [3.63, 3.8) is 0 Å². The van der Waals surface area contributed by atoms with E-state index in [1.165, 1.54) is 26.2 Å². The van der Waals surface area contributed by atoms with Crippen LogP contribution in [0.4, 0.5) is 5.69 Å². The van der Waals surface area contributed by atoms with Crippen LogP contribution in [0, 0.1) is 6.92 Å². The lowest BCUT2D eigenvalue weighted by atomic mass is 10.1. The van der Waals surface area contributed by atoms with E-state index in [1.807, 2.05) is 32.0 Å². The Balaban J connectivity index is 2.13. The normalized spacial score (nSPS) is 12.5. The first-order valence-electron chi connectivity index (χ1n) is 8.34. The second-order valence-electron chi connectivity index (χ2n) is 5.97. The first kappa shape index (κ1) is 19.9. The number of methoxy groups -OCH3 is 1. The predicted molar refractivity (Wildman–Crippen MR) is 102 cm³/mol. The lowest BCUT2D eigenvalue weighted by molar-refractivity contribution is -0.117. The number of rotatable bonds is 7. The summed E-state index contributed by atoms with van der Waals surface area (Å²) in [5.41, 5.74) is 2.67. The van der Waals surface area contributed by atoms with Crippen LogP contribution in [-0.2, 0) is 21.2 Å². The molecule has 0 aromatic heterocycles. The van der Waals surface area contributed by atoms with Crippen molar-refractivity contribution < 1.29 is 17.9 Å². The number of carbonyl (C=O) groups is 1. The number of para-hydroxylation sites is 1. The van der Waals surface area contributed by atoms with Gasteiger partial charge in [0.2, 0.25) is 15.9 Å². The Morgan fingerprint density at radius 2 is 1.81 bits per heavy atom. The van der Waals surface area contributed by atoms with Crippen LogP contribution in [0.2, 0.25) is 0 Å². The lowest BCUT2D eigenvalue weighted by Gasteiger charge is -2.17. The minimum Gasteiger partial charge on any atom is -0.497 e. The van der Waals surface area contributed by atoms with Gasteiger partial charge in [0.05, 0.1) is 18.0 Å². The molecule has 0 unspecified atom stereocenters. The van der Waals surface area contributed by atoms with Gasteiger partial charge in [-0.2, -0.15) is 4.72 Å². The number of amides is 1. The minimum atomic E-state index is -3.81. The largest absolute Gasteiger partial charge is 0.497 e. The zero-order chi connectivity index (χ0) is 19.3. The molecular formula is C19H24N2O4S. The highest BCUT2D eigenvalue weighted by Crippen LogP contribution is 2.21. The number of hydrogen-bond acceptors (Lipinski definition) is 4. The molecule has 0 saturated heterocycles. The molecule has 26 heavy (non-hydrogen) atoms. The van der Waals surface area contributed by atoms with E-state index in [2.05, 4.69) is 10.0 Å². The Bertz CT molecular complexity index is 877. The van der Waals surface area contributed by atoms with E-state index in [4.69, 9.17) is 4.74 Å². The van der Waals surface area contributed by atoms with Gasteiger partial charge in [-0.3, -0.25) is 4.79 Å². The van der Waals surface area contributed by atoms with Crippen LogP contribution in [0.1, 0.15) is 25.0 Å². The Morgan fingerprint density at radius 1 is 1.15 bits per heavy atom. The third kappa shape index (κ3) is 4.62. The van der Waals surface area contributed by atoms with Crippen molar-refractivity contribution in [1.29, 1.82) is 0 Å². The number of benzene rings is 2. The van der Waals surface area contributed by atoms with E-state index >= 15 is 0 Å². The van der Waals surface area contributed by atoms with Crippen molar-refractivity contribution in [3.05, 3.63) is 53.6 Å². The molecule has 0 bridgehead atoms. The van der Waals surface area contributed by atoms with Crippen LogP contribution in [0.5, 0.6) is 5.75 Å². The molecule has 0 aliphatic heterocycles. The van der Waals surface area contributed by atoms with E-state index in [1.54, 1.807) is 12.1 Å². The number of anilines is 1. The lowest BCUT2D eigenvalue weighted by Crippen LogP contribution is -2.41. The Morgan fingerprint density at radius 3 is 2.38 bits per heavy atom. The van der Waals surface area contributed by atoms with Crippen molar-refractivity contribution >= 4 is 21.6 Å². The summed E-state index contributed by atoms with van der Waals surface area (Å²) >= 11 is 0. The number of aryl methyl sites for hydroxylation is 2. The second-order valence-corrected chi connectivity index (χ2v) is 7.68. The minimum absolute atomic E-state index is 0.0723. The van der Waals surface area contributed by atoms with Crippen LogP contribution in [0.25, 0.3) is 0 Å². The molecule has 0 fully saturated rings. The highest BCUT2D eigenvalue weighted by molar-refractivity contribution is 7.89. The third-order valence-electron chi connectivity index (χ3n) is 4.08. The van der Waals surface area contributed by atoms with Gasteiger partial charge in [0.25, 0.3) is 0 Å². The fraction of sp³-hybridized carbons (Fsp3) is 0.316. The van der Waals surface area contributed by atoms with Gasteiger partial charge >= 0.3 is 0 Å². The molecule has 2 aromatic rings. The number of nitrogens with one attached hydrogen (secondary N) is 2. The maximum absolute atomic E-state index is 12.5. The quantitative estimate of drug-likeness (QED) is 0.778. The number of ether oxygens (including phenoxy) is 1. The molecule has 0 radical (unpaired) electrons. The molecule has 0 aliphatic rings. The first-order chi connectivity index (χ1) is 12.3. The van der Waals surface area contributed by atoms with E-state index in [0.717, 1.165) is 23.2 Å². The fourth-order valence-electron chi connectivity index (χ4n) is 2.54. The average molecular weight is 376 g/mol. The van der Waals surface area contributed by atoms with Crippen LogP contribution in [-0.4, -0.2) is 27.5 Å². The van der Waals surface area contributed by atoms with Gasteiger partial charge in [0, 0.05) is 5.69 Å². The van der Waals surface area contributed by atoms with Crippen LogP contribution < -0.4 is 14.8 Å². The van der Waals surface area contributed by atoms with Gasteiger partial charge < -0.3 is 10.1 Å². The maximum Gasteiger partial charge on any atom is 0.242 e. The van der Waals surface area contributed by atoms with Gasteiger partial charge in [-0.25, -0.2) is 8.42 Å². The summed E-state index contributed by atoms with van der Waals surface area (Å²) in [6, 6.07) is 10.8. The van der Waals surface area contributed by atoms with E-state index in [0.29, 0.717) is 5.75 Å². The molecule has 2 aromatic carbocycles. The monoisotopic (exact) mass is 376 g/mol. The van der Waals surface area contributed by atoms with Crippen molar-refractivity contribution in [2.75, 3.05) is 12.4 Å². The molecule has 0 heterocycles. The smallest absolute Gasteiger partial charge is 0.242 e. The van der Waals surface area contributed by atoms with Gasteiger partial charge in [0.1, 0.15) is 5.75 Å². The molecule has 2 N–H and O–H groups in total. The van der Waals surface area contributed by atoms with Crippen molar-refractivity contribution in [1.82, 2.24) is 4.72 Å². The Kier molecular flexibility index (Phi) is 6.39. The highest BCUT2D eigenvalue weighted by Gasteiger charge is 2.23. The maximum atomic E-state index is 12.5. The van der Waals surface area contributed by atoms with Crippen molar-refractivity contribution in [3.8, 4) is 5.75 Å². The van der Waals surface area contributed by atoms with Crippen LogP contribution in [0.3, 0.4) is 0 Å². The molecule has 0 saturated carbocycles. The summed E-state index contributed by atoms with van der Waals surface area (Å²) in [7, 11) is -2.31. The molecule has 7 heteroatoms. The molecule has 1 amide bonds. The Hall–Kier alpha value is -2.38. The summed E-state index contributed by atoms with van der Waals surface area (Å²) < 4.78 is 32.3. The Labute approximate surface area is 154 Å². The standard InChI is InChI=1S/C19H24N2O4S/c1-5-15-8-6-7-13(2)18(15)20-19(22)14(3)21-26(23,24)17-11-9-16(25-4)10-12-17/h6-12,14,21H,5H2,1-4H3,(H,20,22)/t14-/m0/s1. The molecule has 6 nitrogen and oxygen atoms in total. The highest BCUT2D eigenvalue weighted by atomic mass is 32.2. The number of carbonyl (C=O) groups excluding carboxylic acids is 1. The number of hydrogen-bond donors (Lipinski definition) is 2. The summed E-state index contributed by atoms with van der Waals surface area (Å²) in [5, 5.41) is 2.84. The third-order valence-corrected chi connectivity index (χ3v) is 5.64. The predicted octanol–water partition coefficient (Wildman–Crippen LogP) is 2.87. The van der Waals surface area contributed by atoms with Gasteiger partial charge in [-0.05, 0) is 55.7 Å². The summed E-state index contributed by atoms with van der Waals surface area (Å²) in [6.07, 6.45) is 0.767. The zero-order valence-corrected chi connectivity index (χ0v) is 16.2. The average Bonchev–Trinajstić information content (AvgIpc) is 2.62. The zero-order valence-electron chi connectivity index (χ0n) is 15.4. The van der Waals surface area contributed by atoms with E-state index in [-0.39, 0.29) is 4.90 Å². The van der Waals surface area contributed by atoms with Crippen molar-refractivity contribution in [2.45, 2.75) is 38.1 Å². The summed E-state index contributed by atoms with van der Waals surface area (Å²) in [5.74, 6) is 0.146. The van der Waals surface area contributed by atoms with Crippen molar-refractivity contribution in [2.24, 2.45) is 0 Å². The molecule has 0 aliphatic carbocycles. The number of sulfonamides is 1. The summed E-state index contributed by atoms with van der Waals surface area (Å²) in [4.78, 5) is 12.6. The molecule has 2 rings (SSSR count). The van der Waals surface area contributed by atoms with E-state index < -0.39 is 22.0 Å². The molecular weight excluding hydrogens is 352 g/mol. The first-order valence-corrected chi connectivity index (χ1v) is 9.82. The molecule has 140 valence electrons. The van der Waals surface area contributed by atoms with Crippen LogP contribution >= 0.6 is 0 Å². The second kappa shape index (κ2) is 8.33. The topological polar surface area (TPSA) is 84.5 Å². The van der Waals surface area contributed by atoms with Gasteiger partial charge in [-0.1, -0.05) is 25.1 Å². The van der Waals surface area contributed by atoms with Gasteiger partial charge in [0.15, 0.2) is 0 Å². The SMILES string of the molecule is CCc1cccc(C)c1NC(=O)[C@H](C)NS(=O)(=O)c1ccc(OC)cc1. The fourth-order valence-corrected chi connectivity index (χ4v) is 3.75. The molecule has 0 spiro atoms.